The van der Waals surface area contributed by atoms with E-state index >= 15 is 0 Å². The molecule has 0 amide bonds. The van der Waals surface area contributed by atoms with E-state index in [1.54, 1.807) is 6.92 Å². The first-order valence-corrected chi connectivity index (χ1v) is 4.22. The van der Waals surface area contributed by atoms with Gasteiger partial charge in [-0.2, -0.15) is 13.2 Å². The highest BCUT2D eigenvalue weighted by Crippen LogP contribution is 2.32. The van der Waals surface area contributed by atoms with E-state index in [4.69, 9.17) is 5.11 Å². The summed E-state index contributed by atoms with van der Waals surface area (Å²) in [6.07, 6.45) is -7.06. The van der Waals surface area contributed by atoms with Gasteiger partial charge in [-0.25, -0.2) is 0 Å². The summed E-state index contributed by atoms with van der Waals surface area (Å²) in [5.41, 5.74) is 0.444. The molecule has 0 aliphatic heterocycles. The zero-order chi connectivity index (χ0) is 11.5. The average Bonchev–Trinajstić information content (AvgIpc) is 2.17. The van der Waals surface area contributed by atoms with Crippen molar-refractivity contribution in [2.24, 2.45) is 0 Å². The van der Waals surface area contributed by atoms with E-state index in [9.17, 15) is 13.2 Å². The molecule has 1 N–H and O–H groups in total. The minimum atomic E-state index is -4.63. The monoisotopic (exact) mass is 218 g/mol. The second-order valence-electron chi connectivity index (χ2n) is 2.94. The predicted molar refractivity (Wildman–Crippen MR) is 52.1 cm³/mol. The lowest BCUT2D eigenvalue weighted by Gasteiger charge is -2.14. The number of alkyl halides is 3. The zero-order valence-corrected chi connectivity index (χ0v) is 7.97. The number of benzene rings is 1. The maximum atomic E-state index is 12.1. The van der Waals surface area contributed by atoms with Crippen molar-refractivity contribution in [3.05, 3.63) is 35.4 Å². The highest BCUT2D eigenvalue weighted by atomic mass is 19.4. The van der Waals surface area contributed by atoms with E-state index < -0.39 is 12.3 Å². The molecule has 0 fully saturated rings. The third-order valence-corrected chi connectivity index (χ3v) is 1.81. The standard InChI is InChI=1S/C11H9F3O.H2/c1-2-3-8-4-6-9(7-5-8)10(15)11(12,13)14;/h4-7,10,15H,1H3;1H/i;1+2. The summed E-state index contributed by atoms with van der Waals surface area (Å²) in [7, 11) is 0. The molecule has 0 saturated carbocycles. The topological polar surface area (TPSA) is 20.2 Å². The van der Waals surface area contributed by atoms with Gasteiger partial charge < -0.3 is 5.11 Å². The van der Waals surface area contributed by atoms with E-state index in [-0.39, 0.29) is 6.99 Å². The summed E-state index contributed by atoms with van der Waals surface area (Å²) < 4.78 is 36.3. The van der Waals surface area contributed by atoms with Gasteiger partial charge in [0.15, 0.2) is 6.10 Å². The summed E-state index contributed by atoms with van der Waals surface area (Å²) in [6.45, 7) is 1.64. The van der Waals surface area contributed by atoms with Gasteiger partial charge in [-0.05, 0) is 24.6 Å². The molecule has 4 heteroatoms. The number of hydrogen-bond donors (Lipinski definition) is 1. The Morgan fingerprint density at radius 2 is 1.80 bits per heavy atom. The summed E-state index contributed by atoms with van der Waals surface area (Å²) in [5.74, 6) is 5.33. The van der Waals surface area contributed by atoms with Crippen LogP contribution in [0.15, 0.2) is 24.3 Å². The predicted octanol–water partition coefficient (Wildman–Crippen LogP) is 2.90. The molecule has 0 saturated heterocycles. The third kappa shape index (κ3) is 3.00. The Bertz CT molecular complexity index is 386. The Balaban J connectivity index is 0.00000225. The highest BCUT2D eigenvalue weighted by Gasteiger charge is 2.39. The first-order chi connectivity index (χ1) is 6.95. The maximum absolute atomic E-state index is 12.1. The molecule has 1 atom stereocenters. The van der Waals surface area contributed by atoms with Gasteiger partial charge in [-0.15, -0.1) is 5.92 Å². The van der Waals surface area contributed by atoms with E-state index in [0.717, 1.165) is 0 Å². The van der Waals surface area contributed by atoms with Crippen molar-refractivity contribution in [2.75, 3.05) is 0 Å². The van der Waals surface area contributed by atoms with Crippen molar-refractivity contribution in [3.8, 4) is 11.8 Å². The minimum Gasteiger partial charge on any atom is -0.379 e. The second kappa shape index (κ2) is 4.37. The average molecular weight is 218 g/mol. The summed E-state index contributed by atoms with van der Waals surface area (Å²) in [4.78, 5) is 0. The van der Waals surface area contributed by atoms with Crippen LogP contribution in [0, 0.1) is 11.8 Å². The van der Waals surface area contributed by atoms with Crippen molar-refractivity contribution < 1.29 is 19.7 Å². The van der Waals surface area contributed by atoms with Crippen LogP contribution in [-0.2, 0) is 0 Å². The minimum absolute atomic E-state index is 0. The molecular weight excluding hydrogens is 205 g/mol. The zero-order valence-electron chi connectivity index (χ0n) is 7.97. The van der Waals surface area contributed by atoms with E-state index in [2.05, 4.69) is 11.8 Å². The molecule has 0 spiro atoms. The van der Waals surface area contributed by atoms with Gasteiger partial charge in [0.2, 0.25) is 0 Å². The Hall–Kier alpha value is -1.47. The number of aliphatic hydroxyl groups excluding tert-OH is 1. The normalized spacial score (nSPS) is 12.9. The van der Waals surface area contributed by atoms with Gasteiger partial charge in [0.1, 0.15) is 0 Å². The second-order valence-corrected chi connectivity index (χ2v) is 2.94. The Morgan fingerprint density at radius 1 is 1.27 bits per heavy atom. The number of rotatable bonds is 1. The molecule has 82 valence electrons. The van der Waals surface area contributed by atoms with Crippen LogP contribution in [-0.4, -0.2) is 11.3 Å². The van der Waals surface area contributed by atoms with Crippen LogP contribution in [0.3, 0.4) is 0 Å². The quantitative estimate of drug-likeness (QED) is 0.718. The van der Waals surface area contributed by atoms with Crippen molar-refractivity contribution in [3.63, 3.8) is 0 Å². The van der Waals surface area contributed by atoms with E-state index in [0.29, 0.717) is 5.56 Å². The summed E-state index contributed by atoms with van der Waals surface area (Å²) in [5, 5.41) is 8.92. The van der Waals surface area contributed by atoms with Gasteiger partial charge in [-0.1, -0.05) is 18.1 Å². The van der Waals surface area contributed by atoms with Crippen molar-refractivity contribution in [2.45, 2.75) is 19.2 Å². The largest absolute Gasteiger partial charge is 0.418 e. The molecule has 0 aromatic heterocycles. The molecular formula is C11H11F3O. The third-order valence-electron chi connectivity index (χ3n) is 1.81. The molecule has 1 rings (SSSR count). The van der Waals surface area contributed by atoms with Crippen LogP contribution in [0.1, 0.15) is 25.6 Å². The van der Waals surface area contributed by atoms with Crippen LogP contribution >= 0.6 is 0 Å². The molecule has 0 heterocycles. The van der Waals surface area contributed by atoms with Crippen molar-refractivity contribution in [1.29, 1.82) is 0 Å². The molecule has 0 bridgehead atoms. The molecule has 0 radical (unpaired) electrons. The number of aliphatic hydroxyl groups is 1. The molecule has 15 heavy (non-hydrogen) atoms. The smallest absolute Gasteiger partial charge is 0.379 e. The number of hydrogen-bond acceptors (Lipinski definition) is 1. The lowest BCUT2D eigenvalue weighted by atomic mass is 10.1. The van der Waals surface area contributed by atoms with Gasteiger partial charge in [0.25, 0.3) is 0 Å². The number of halogens is 3. The molecule has 1 aromatic rings. The van der Waals surface area contributed by atoms with E-state index in [1.165, 1.54) is 24.3 Å². The van der Waals surface area contributed by atoms with Crippen molar-refractivity contribution >= 4 is 0 Å². The van der Waals surface area contributed by atoms with Gasteiger partial charge >= 0.3 is 6.18 Å². The molecule has 1 aromatic carbocycles. The van der Waals surface area contributed by atoms with Crippen LogP contribution in [0.2, 0.25) is 0 Å². The first-order valence-electron chi connectivity index (χ1n) is 4.22. The summed E-state index contributed by atoms with van der Waals surface area (Å²) >= 11 is 0. The maximum Gasteiger partial charge on any atom is 0.418 e. The Morgan fingerprint density at radius 3 is 2.20 bits per heavy atom. The van der Waals surface area contributed by atoms with Gasteiger partial charge in [0.05, 0.1) is 0 Å². The van der Waals surface area contributed by atoms with Crippen LogP contribution in [0.4, 0.5) is 13.2 Å². The lowest BCUT2D eigenvalue weighted by Crippen LogP contribution is -2.20. The van der Waals surface area contributed by atoms with E-state index in [1.807, 2.05) is 0 Å². The SMILES string of the molecule is CC#Cc1ccc(C(O)C(F)(F)F)cc1.[3HH]. The van der Waals surface area contributed by atoms with Crippen LogP contribution in [0.5, 0.6) is 0 Å². The Labute approximate surface area is 87.0 Å². The lowest BCUT2D eigenvalue weighted by molar-refractivity contribution is -0.206. The van der Waals surface area contributed by atoms with Gasteiger partial charge in [-0.3, -0.25) is 0 Å². The van der Waals surface area contributed by atoms with Crippen LogP contribution in [0.25, 0.3) is 0 Å². The molecule has 1 unspecified atom stereocenters. The van der Waals surface area contributed by atoms with Crippen molar-refractivity contribution in [1.82, 2.24) is 0 Å². The summed E-state index contributed by atoms with van der Waals surface area (Å²) in [6, 6.07) is 5.33. The molecule has 0 aliphatic rings. The molecule has 0 aliphatic carbocycles. The fourth-order valence-electron chi connectivity index (χ4n) is 1.08. The highest BCUT2D eigenvalue weighted by molar-refractivity contribution is 5.36. The fourth-order valence-corrected chi connectivity index (χ4v) is 1.08. The molecule has 1 nitrogen and oxygen atoms in total. The fraction of sp³-hybridized carbons (Fsp3) is 0.273. The first kappa shape index (κ1) is 11.6. The van der Waals surface area contributed by atoms with Crippen LogP contribution < -0.4 is 0 Å². The van der Waals surface area contributed by atoms with Gasteiger partial charge in [0, 0.05) is 6.99 Å². The Kier molecular flexibility index (Phi) is 3.38.